The van der Waals surface area contributed by atoms with Gasteiger partial charge in [0.15, 0.2) is 5.13 Å². The number of benzene rings is 1. The Bertz CT molecular complexity index is 897. The minimum Gasteiger partial charge on any atom is -0.307 e. The highest BCUT2D eigenvalue weighted by Gasteiger charge is 2.24. The molecule has 0 radical (unpaired) electrons. The van der Waals surface area contributed by atoms with Gasteiger partial charge in [0.25, 0.3) is 5.91 Å². The maximum atomic E-state index is 12.3. The average molecular weight is 390 g/mol. The number of carbonyl (C=O) groups is 2. The molecule has 3 rings (SSSR count). The molecule has 0 spiro atoms. The molecule has 1 fully saturated rings. The number of nitrogens with one attached hydrogen (secondary N) is 1. The second kappa shape index (κ2) is 7.07. The van der Waals surface area contributed by atoms with Gasteiger partial charge < -0.3 is 5.32 Å². The van der Waals surface area contributed by atoms with Gasteiger partial charge in [0.05, 0.1) is 16.3 Å². The molecule has 0 bridgehead atoms. The summed E-state index contributed by atoms with van der Waals surface area (Å²) >= 11 is 7.55. The number of nitrogens with zero attached hydrogens (tertiary/aromatic N) is 2. The summed E-state index contributed by atoms with van der Waals surface area (Å²) in [6.45, 7) is 5.45. The van der Waals surface area contributed by atoms with Crippen LogP contribution in [0.2, 0.25) is 0 Å². The van der Waals surface area contributed by atoms with Crippen LogP contribution < -0.4 is 10.2 Å². The molecule has 8 heteroatoms. The third-order valence-corrected chi connectivity index (χ3v) is 5.61. The Kier molecular flexibility index (Phi) is 5.03. The van der Waals surface area contributed by atoms with Crippen molar-refractivity contribution in [1.82, 2.24) is 10.3 Å². The highest BCUT2D eigenvalue weighted by atomic mass is 32.2. The normalized spacial score (nSPS) is 15.6. The van der Waals surface area contributed by atoms with Gasteiger partial charge in [-0.1, -0.05) is 42.2 Å². The number of rotatable bonds is 3. The number of hydrogen-bond donors (Lipinski definition) is 1. The summed E-state index contributed by atoms with van der Waals surface area (Å²) in [6.07, 6.45) is 1.68. The van der Waals surface area contributed by atoms with Crippen molar-refractivity contribution in [1.29, 1.82) is 0 Å². The zero-order chi connectivity index (χ0) is 18.1. The summed E-state index contributed by atoms with van der Waals surface area (Å²) in [7, 11) is 0. The van der Waals surface area contributed by atoms with Gasteiger partial charge in [0, 0.05) is 12.3 Å². The van der Waals surface area contributed by atoms with Crippen LogP contribution in [0.25, 0.3) is 6.08 Å². The quantitative estimate of drug-likeness (QED) is 0.636. The molecule has 1 aromatic heterocycles. The lowest BCUT2D eigenvalue weighted by Crippen LogP contribution is -2.24. The van der Waals surface area contributed by atoms with E-state index in [0.717, 1.165) is 16.8 Å². The summed E-state index contributed by atoms with van der Waals surface area (Å²) in [6, 6.07) is 5.90. The van der Waals surface area contributed by atoms with E-state index in [2.05, 4.69) is 10.3 Å². The van der Waals surface area contributed by atoms with Crippen LogP contribution in [0.1, 0.15) is 23.7 Å². The molecule has 1 aliphatic rings. The number of thiazole rings is 1. The van der Waals surface area contributed by atoms with Crippen molar-refractivity contribution >= 4 is 68.3 Å². The molecular formula is C17H15N3O2S3. The number of thioether (sulfide) groups is 1. The fourth-order valence-electron chi connectivity index (χ4n) is 2.55. The third-order valence-electron chi connectivity index (χ3n) is 3.60. The van der Waals surface area contributed by atoms with Crippen molar-refractivity contribution in [2.24, 2.45) is 0 Å². The fourth-order valence-corrected chi connectivity index (χ4v) is 4.41. The van der Waals surface area contributed by atoms with Crippen molar-refractivity contribution in [2.45, 2.75) is 20.8 Å². The van der Waals surface area contributed by atoms with Crippen molar-refractivity contribution in [3.8, 4) is 0 Å². The van der Waals surface area contributed by atoms with Gasteiger partial charge in [-0.15, -0.1) is 11.3 Å². The number of thiocarbonyl (C=S) groups is 1. The van der Waals surface area contributed by atoms with E-state index in [1.54, 1.807) is 11.0 Å². The van der Waals surface area contributed by atoms with Crippen molar-refractivity contribution in [2.75, 3.05) is 4.90 Å². The molecule has 128 valence electrons. The van der Waals surface area contributed by atoms with Crippen molar-refractivity contribution < 1.29 is 9.59 Å². The standard InChI is InChI=1S/C17H15N3O2S3/c1-9-5-4-6-10(2)14(9)20(11(3)21)16-18-12(8-24-16)7-13-15(22)19-17(23)25-13/h4-8H,1-3H3,(H,19,22,23)/b13-7-. The fraction of sp³-hybridized carbons (Fsp3) is 0.176. The smallest absolute Gasteiger partial charge is 0.263 e. The summed E-state index contributed by atoms with van der Waals surface area (Å²) in [4.78, 5) is 30.7. The summed E-state index contributed by atoms with van der Waals surface area (Å²) < 4.78 is 0.438. The summed E-state index contributed by atoms with van der Waals surface area (Å²) in [5.41, 5.74) is 3.47. The Labute approximate surface area is 159 Å². The van der Waals surface area contributed by atoms with Crippen LogP contribution >= 0.6 is 35.3 Å². The lowest BCUT2D eigenvalue weighted by atomic mass is 10.1. The maximum absolute atomic E-state index is 12.3. The van der Waals surface area contributed by atoms with Crippen LogP contribution in [0.4, 0.5) is 10.8 Å². The molecule has 1 saturated heterocycles. The molecular weight excluding hydrogens is 374 g/mol. The molecule has 0 unspecified atom stereocenters. The maximum Gasteiger partial charge on any atom is 0.263 e. The van der Waals surface area contributed by atoms with E-state index >= 15 is 0 Å². The van der Waals surface area contributed by atoms with Crippen molar-refractivity contribution in [3.63, 3.8) is 0 Å². The first-order chi connectivity index (χ1) is 11.9. The number of para-hydroxylation sites is 1. The predicted molar refractivity (Wildman–Crippen MR) is 107 cm³/mol. The van der Waals surface area contributed by atoms with Crippen LogP contribution in [-0.4, -0.2) is 21.1 Å². The Morgan fingerprint density at radius 1 is 1.32 bits per heavy atom. The number of aromatic nitrogens is 1. The number of amides is 2. The van der Waals surface area contributed by atoms with Crippen LogP contribution in [0.5, 0.6) is 0 Å². The van der Waals surface area contributed by atoms with Crippen LogP contribution in [0, 0.1) is 13.8 Å². The van der Waals surface area contributed by atoms with Gasteiger partial charge in [-0.2, -0.15) is 0 Å². The van der Waals surface area contributed by atoms with Gasteiger partial charge in [0.1, 0.15) is 4.32 Å². The zero-order valence-corrected chi connectivity index (χ0v) is 16.3. The van der Waals surface area contributed by atoms with E-state index < -0.39 is 0 Å². The van der Waals surface area contributed by atoms with Gasteiger partial charge >= 0.3 is 0 Å². The zero-order valence-electron chi connectivity index (χ0n) is 13.8. The molecule has 25 heavy (non-hydrogen) atoms. The van der Waals surface area contributed by atoms with E-state index in [0.29, 0.717) is 20.1 Å². The topological polar surface area (TPSA) is 62.3 Å². The van der Waals surface area contributed by atoms with Crippen LogP contribution in [0.15, 0.2) is 28.5 Å². The lowest BCUT2D eigenvalue weighted by Gasteiger charge is -2.22. The second-order valence-electron chi connectivity index (χ2n) is 5.50. The Hall–Kier alpha value is -2.03. The van der Waals surface area contributed by atoms with Gasteiger partial charge in [-0.25, -0.2) is 4.98 Å². The van der Waals surface area contributed by atoms with Crippen LogP contribution in [0.3, 0.4) is 0 Å². The second-order valence-corrected chi connectivity index (χ2v) is 8.06. The molecule has 5 nitrogen and oxygen atoms in total. The third kappa shape index (κ3) is 3.65. The van der Waals surface area contributed by atoms with Gasteiger partial charge in [-0.05, 0) is 31.1 Å². The van der Waals surface area contributed by atoms with Gasteiger partial charge in [-0.3, -0.25) is 14.5 Å². The largest absolute Gasteiger partial charge is 0.307 e. The summed E-state index contributed by atoms with van der Waals surface area (Å²) in [5, 5.41) is 4.97. The number of carbonyl (C=O) groups excluding carboxylic acids is 2. The van der Waals surface area contributed by atoms with E-state index in [9.17, 15) is 9.59 Å². The number of anilines is 2. The van der Waals surface area contributed by atoms with Crippen LogP contribution in [-0.2, 0) is 9.59 Å². The molecule has 1 aromatic carbocycles. The van der Waals surface area contributed by atoms with E-state index in [1.165, 1.54) is 30.0 Å². The molecule has 2 amide bonds. The molecule has 0 atom stereocenters. The Morgan fingerprint density at radius 2 is 2.00 bits per heavy atom. The number of aryl methyl sites for hydroxylation is 2. The average Bonchev–Trinajstić information content (AvgIpc) is 3.10. The van der Waals surface area contributed by atoms with E-state index in [-0.39, 0.29) is 11.8 Å². The predicted octanol–water partition coefficient (Wildman–Crippen LogP) is 3.93. The Balaban J connectivity index is 1.99. The first-order valence-electron chi connectivity index (χ1n) is 7.44. The van der Waals surface area contributed by atoms with E-state index in [4.69, 9.17) is 12.2 Å². The molecule has 1 N–H and O–H groups in total. The lowest BCUT2D eigenvalue weighted by molar-refractivity contribution is -0.116. The molecule has 2 heterocycles. The monoisotopic (exact) mass is 389 g/mol. The molecule has 1 aliphatic heterocycles. The minimum atomic E-state index is -0.220. The molecule has 0 aliphatic carbocycles. The SMILES string of the molecule is CC(=O)N(c1nc(/C=C2\SC(=S)NC2=O)cs1)c1c(C)cccc1C. The highest BCUT2D eigenvalue weighted by Crippen LogP contribution is 2.34. The number of hydrogen-bond acceptors (Lipinski definition) is 6. The Morgan fingerprint density at radius 3 is 2.56 bits per heavy atom. The first-order valence-corrected chi connectivity index (χ1v) is 9.54. The van der Waals surface area contributed by atoms with E-state index in [1.807, 2.05) is 37.4 Å². The minimum absolute atomic E-state index is 0.111. The summed E-state index contributed by atoms with van der Waals surface area (Å²) in [5.74, 6) is -0.331. The van der Waals surface area contributed by atoms with Crippen molar-refractivity contribution in [3.05, 3.63) is 45.3 Å². The van der Waals surface area contributed by atoms with Gasteiger partial charge in [0.2, 0.25) is 5.91 Å². The molecule has 2 aromatic rings. The first kappa shape index (κ1) is 17.8. The molecule has 0 saturated carbocycles. The highest BCUT2D eigenvalue weighted by molar-refractivity contribution is 8.26.